The lowest BCUT2D eigenvalue weighted by molar-refractivity contribution is 0.181. The highest BCUT2D eigenvalue weighted by atomic mass is 32.1. The first-order valence-corrected chi connectivity index (χ1v) is 6.86. The van der Waals surface area contributed by atoms with Crippen LogP contribution in [0.5, 0.6) is 0 Å². The average molecular weight is 273 g/mol. The summed E-state index contributed by atoms with van der Waals surface area (Å²) in [6.07, 6.45) is 1.01. The summed E-state index contributed by atoms with van der Waals surface area (Å²) in [5.41, 5.74) is 1.03. The third kappa shape index (κ3) is 4.53. The zero-order valence-electron chi connectivity index (χ0n) is 11.7. The third-order valence-corrected chi connectivity index (χ3v) is 3.77. The summed E-state index contributed by atoms with van der Waals surface area (Å²) in [5.74, 6) is 0. The number of ether oxygens (including phenoxy) is 2. The summed E-state index contributed by atoms with van der Waals surface area (Å²) in [7, 11) is 7.43. The van der Waals surface area contributed by atoms with E-state index in [1.807, 2.05) is 7.05 Å². The Morgan fingerprint density at radius 2 is 2.11 bits per heavy atom. The van der Waals surface area contributed by atoms with E-state index in [0.717, 1.165) is 36.9 Å². The molecule has 0 aliphatic heterocycles. The van der Waals surface area contributed by atoms with Crippen molar-refractivity contribution in [2.24, 2.45) is 0 Å². The van der Waals surface area contributed by atoms with E-state index >= 15 is 0 Å². The molecule has 0 atom stereocenters. The predicted octanol–water partition coefficient (Wildman–Crippen LogP) is 1.48. The van der Waals surface area contributed by atoms with Crippen molar-refractivity contribution in [3.8, 4) is 0 Å². The van der Waals surface area contributed by atoms with Crippen LogP contribution in [0.2, 0.25) is 0 Å². The molecule has 1 N–H and O–H groups in total. The van der Waals surface area contributed by atoms with E-state index in [0.29, 0.717) is 6.61 Å². The highest BCUT2D eigenvalue weighted by Crippen LogP contribution is 2.26. The Hall–Kier alpha value is -0.690. The van der Waals surface area contributed by atoms with Gasteiger partial charge in [-0.2, -0.15) is 0 Å². The zero-order chi connectivity index (χ0) is 13.4. The number of nitrogens with zero attached hydrogens (tertiary/aromatic N) is 2. The second-order valence-electron chi connectivity index (χ2n) is 4.10. The van der Waals surface area contributed by atoms with Crippen LogP contribution in [0.4, 0.5) is 5.13 Å². The van der Waals surface area contributed by atoms with Gasteiger partial charge in [0.1, 0.15) is 0 Å². The van der Waals surface area contributed by atoms with Crippen LogP contribution in [0.1, 0.15) is 17.0 Å². The molecule has 5 nitrogen and oxygen atoms in total. The van der Waals surface area contributed by atoms with E-state index in [2.05, 4.69) is 22.2 Å². The van der Waals surface area contributed by atoms with Crippen LogP contribution in [-0.4, -0.2) is 46.5 Å². The van der Waals surface area contributed by atoms with E-state index in [1.165, 1.54) is 4.88 Å². The zero-order valence-corrected chi connectivity index (χ0v) is 12.5. The molecule has 18 heavy (non-hydrogen) atoms. The standard InChI is InChI=1S/C12H23N3O2S/c1-13-8-11-10(9-17-4)14-12(18-11)15(2)6-5-7-16-3/h13H,5-9H2,1-4H3. The first-order chi connectivity index (χ1) is 8.72. The summed E-state index contributed by atoms with van der Waals surface area (Å²) < 4.78 is 10.2. The summed E-state index contributed by atoms with van der Waals surface area (Å²) in [6.45, 7) is 3.14. The summed E-state index contributed by atoms with van der Waals surface area (Å²) in [6, 6.07) is 0. The summed E-state index contributed by atoms with van der Waals surface area (Å²) >= 11 is 1.72. The molecule has 0 saturated carbocycles. The number of nitrogens with one attached hydrogen (secondary N) is 1. The number of thiazole rings is 1. The second kappa shape index (κ2) is 8.42. The molecule has 0 bridgehead atoms. The maximum absolute atomic E-state index is 5.18. The van der Waals surface area contributed by atoms with Crippen LogP contribution in [0.25, 0.3) is 0 Å². The largest absolute Gasteiger partial charge is 0.385 e. The van der Waals surface area contributed by atoms with Gasteiger partial charge in [0.2, 0.25) is 0 Å². The fourth-order valence-corrected chi connectivity index (χ4v) is 2.69. The molecule has 0 aromatic carbocycles. The van der Waals surface area contributed by atoms with Crippen molar-refractivity contribution in [1.82, 2.24) is 10.3 Å². The molecule has 0 radical (unpaired) electrons. The molecule has 0 fully saturated rings. The third-order valence-electron chi connectivity index (χ3n) is 2.55. The highest BCUT2D eigenvalue weighted by molar-refractivity contribution is 7.15. The van der Waals surface area contributed by atoms with Gasteiger partial charge in [-0.1, -0.05) is 0 Å². The first kappa shape index (κ1) is 15.4. The van der Waals surface area contributed by atoms with Gasteiger partial charge in [-0.3, -0.25) is 0 Å². The topological polar surface area (TPSA) is 46.6 Å². The van der Waals surface area contributed by atoms with Crippen molar-refractivity contribution >= 4 is 16.5 Å². The maximum Gasteiger partial charge on any atom is 0.185 e. The molecule has 1 rings (SSSR count). The van der Waals surface area contributed by atoms with Crippen LogP contribution >= 0.6 is 11.3 Å². The lowest BCUT2D eigenvalue weighted by Gasteiger charge is -2.14. The molecule has 0 aliphatic rings. The molecule has 0 aliphatic carbocycles. The minimum Gasteiger partial charge on any atom is -0.385 e. The van der Waals surface area contributed by atoms with Crippen LogP contribution in [0, 0.1) is 0 Å². The average Bonchev–Trinajstić information content (AvgIpc) is 2.74. The predicted molar refractivity (Wildman–Crippen MR) is 75.4 cm³/mol. The Balaban J connectivity index is 2.66. The number of anilines is 1. The van der Waals surface area contributed by atoms with Gasteiger partial charge >= 0.3 is 0 Å². The van der Waals surface area contributed by atoms with Gasteiger partial charge in [-0.25, -0.2) is 4.98 Å². The van der Waals surface area contributed by atoms with Gasteiger partial charge in [0, 0.05) is 45.8 Å². The number of hydrogen-bond donors (Lipinski definition) is 1. The Bertz CT molecular complexity index is 321. The van der Waals surface area contributed by atoms with E-state index in [9.17, 15) is 0 Å². The minimum absolute atomic E-state index is 0.569. The van der Waals surface area contributed by atoms with Crippen LogP contribution < -0.4 is 10.2 Å². The smallest absolute Gasteiger partial charge is 0.185 e. The highest BCUT2D eigenvalue weighted by Gasteiger charge is 2.13. The Morgan fingerprint density at radius 1 is 1.33 bits per heavy atom. The Kier molecular flexibility index (Phi) is 7.19. The van der Waals surface area contributed by atoms with Gasteiger partial charge in [-0.15, -0.1) is 11.3 Å². The van der Waals surface area contributed by atoms with Gasteiger partial charge in [0.25, 0.3) is 0 Å². The summed E-state index contributed by atoms with van der Waals surface area (Å²) in [4.78, 5) is 8.05. The molecule has 0 amide bonds. The quantitative estimate of drug-likeness (QED) is 0.691. The van der Waals surface area contributed by atoms with E-state index in [-0.39, 0.29) is 0 Å². The van der Waals surface area contributed by atoms with Crippen molar-refractivity contribution in [3.05, 3.63) is 10.6 Å². The number of aromatic nitrogens is 1. The monoisotopic (exact) mass is 273 g/mol. The number of hydrogen-bond acceptors (Lipinski definition) is 6. The van der Waals surface area contributed by atoms with Crippen molar-refractivity contribution in [3.63, 3.8) is 0 Å². The fraction of sp³-hybridized carbons (Fsp3) is 0.750. The molecule has 1 heterocycles. The molecule has 6 heteroatoms. The molecule has 1 aromatic rings. The van der Waals surface area contributed by atoms with E-state index in [4.69, 9.17) is 9.47 Å². The molecular weight excluding hydrogens is 250 g/mol. The molecule has 0 unspecified atom stereocenters. The van der Waals surface area contributed by atoms with Crippen LogP contribution in [-0.2, 0) is 22.6 Å². The van der Waals surface area contributed by atoms with E-state index in [1.54, 1.807) is 25.6 Å². The molecular formula is C12H23N3O2S. The molecule has 0 spiro atoms. The van der Waals surface area contributed by atoms with Gasteiger partial charge in [0.05, 0.1) is 12.3 Å². The van der Waals surface area contributed by atoms with Gasteiger partial charge in [0.15, 0.2) is 5.13 Å². The SMILES string of the molecule is CNCc1sc(N(C)CCCOC)nc1COC. The normalized spacial score (nSPS) is 10.9. The van der Waals surface area contributed by atoms with Gasteiger partial charge in [-0.05, 0) is 13.5 Å². The van der Waals surface area contributed by atoms with Gasteiger partial charge < -0.3 is 19.7 Å². The Labute approximate surface area is 113 Å². The number of rotatable bonds is 9. The minimum atomic E-state index is 0.569. The molecule has 104 valence electrons. The Morgan fingerprint density at radius 3 is 2.72 bits per heavy atom. The lowest BCUT2D eigenvalue weighted by atomic mass is 10.4. The van der Waals surface area contributed by atoms with Crippen molar-refractivity contribution in [2.45, 2.75) is 19.6 Å². The first-order valence-electron chi connectivity index (χ1n) is 6.05. The van der Waals surface area contributed by atoms with Crippen molar-refractivity contribution < 1.29 is 9.47 Å². The van der Waals surface area contributed by atoms with E-state index < -0.39 is 0 Å². The molecule has 1 aromatic heterocycles. The summed E-state index contributed by atoms with van der Waals surface area (Å²) in [5, 5.41) is 4.21. The van der Waals surface area contributed by atoms with Crippen molar-refractivity contribution in [1.29, 1.82) is 0 Å². The van der Waals surface area contributed by atoms with Crippen LogP contribution in [0.3, 0.4) is 0 Å². The van der Waals surface area contributed by atoms with Crippen LogP contribution in [0.15, 0.2) is 0 Å². The van der Waals surface area contributed by atoms with Crippen molar-refractivity contribution in [2.75, 3.05) is 46.4 Å². The molecule has 0 saturated heterocycles. The number of methoxy groups -OCH3 is 2. The maximum atomic E-state index is 5.18. The second-order valence-corrected chi connectivity index (χ2v) is 5.16. The fourth-order valence-electron chi connectivity index (χ4n) is 1.62. The lowest BCUT2D eigenvalue weighted by Crippen LogP contribution is -2.19.